The second-order valence-corrected chi connectivity index (χ2v) is 10.8. The van der Waals surface area contributed by atoms with Crippen molar-refractivity contribution in [1.82, 2.24) is 0 Å². The molecule has 7 heteroatoms. The maximum atomic E-state index is 13.1. The van der Waals surface area contributed by atoms with Gasteiger partial charge in [-0.05, 0) is 69.5 Å². The fraction of sp³-hybridized carbons (Fsp3) is 0.296. The van der Waals surface area contributed by atoms with Gasteiger partial charge in [-0.25, -0.2) is 0 Å². The molecule has 0 saturated carbocycles. The van der Waals surface area contributed by atoms with Crippen LogP contribution in [-0.2, 0) is 26.1 Å². The van der Waals surface area contributed by atoms with Gasteiger partial charge >= 0.3 is 16.1 Å². The molecule has 3 aromatic carbocycles. The Labute approximate surface area is 201 Å². The second-order valence-electron chi connectivity index (χ2n) is 9.28. The highest BCUT2D eigenvalue weighted by Crippen LogP contribution is 2.28. The van der Waals surface area contributed by atoms with Crippen LogP contribution in [0.3, 0.4) is 0 Å². The van der Waals surface area contributed by atoms with Crippen molar-refractivity contribution in [3.8, 4) is 5.75 Å². The maximum Gasteiger partial charge on any atom is 0.339 e. The van der Waals surface area contributed by atoms with Crippen LogP contribution in [0.15, 0.2) is 83.8 Å². The molecule has 0 aliphatic rings. The van der Waals surface area contributed by atoms with Crippen LogP contribution in [0.2, 0.25) is 0 Å². The zero-order valence-electron chi connectivity index (χ0n) is 19.9. The fourth-order valence-corrected chi connectivity index (χ4v) is 4.47. The van der Waals surface area contributed by atoms with Gasteiger partial charge in [-0.2, -0.15) is 8.42 Å². The minimum absolute atomic E-state index is 0.0682. The van der Waals surface area contributed by atoms with Crippen molar-refractivity contribution in [3.63, 3.8) is 0 Å². The summed E-state index contributed by atoms with van der Waals surface area (Å²) < 4.78 is 36.1. The lowest BCUT2D eigenvalue weighted by Crippen LogP contribution is -2.39. The van der Waals surface area contributed by atoms with Crippen molar-refractivity contribution in [3.05, 3.63) is 95.6 Å². The molecule has 3 rings (SSSR count). The lowest BCUT2D eigenvalue weighted by Gasteiger charge is -2.28. The van der Waals surface area contributed by atoms with Gasteiger partial charge in [0.15, 0.2) is 0 Å². The standard InChI is InChI=1S/C27H31NO5S/c1-19-10-16-23(17-11-19)34(30,31)33-22-14-12-21(13-15-22)25(26(29)32-27(2,3)4)24(28)18-20-8-6-5-7-9-20/h5-17,24-25H,18,28H2,1-4H3. The smallest absolute Gasteiger partial charge is 0.339 e. The molecule has 0 spiro atoms. The summed E-state index contributed by atoms with van der Waals surface area (Å²) in [5.74, 6) is -1.03. The molecule has 2 unspecified atom stereocenters. The topological polar surface area (TPSA) is 95.7 Å². The highest BCUT2D eigenvalue weighted by molar-refractivity contribution is 7.87. The summed E-state index contributed by atoms with van der Waals surface area (Å²) in [6, 6.07) is 21.9. The Kier molecular flexibility index (Phi) is 7.79. The first-order valence-electron chi connectivity index (χ1n) is 11.1. The van der Waals surface area contributed by atoms with Crippen molar-refractivity contribution >= 4 is 16.1 Å². The lowest BCUT2D eigenvalue weighted by molar-refractivity contribution is -0.157. The van der Waals surface area contributed by atoms with E-state index < -0.39 is 33.6 Å². The molecule has 0 radical (unpaired) electrons. The minimum atomic E-state index is -3.98. The number of rotatable bonds is 8. The Hall–Kier alpha value is -3.16. The molecule has 0 aliphatic carbocycles. The summed E-state index contributed by atoms with van der Waals surface area (Å²) >= 11 is 0. The van der Waals surface area contributed by atoms with Gasteiger partial charge in [0.2, 0.25) is 0 Å². The number of carbonyl (C=O) groups excluding carboxylic acids is 1. The molecule has 0 amide bonds. The van der Waals surface area contributed by atoms with Crippen molar-refractivity contribution in [1.29, 1.82) is 0 Å². The van der Waals surface area contributed by atoms with Crippen LogP contribution in [0.25, 0.3) is 0 Å². The molecule has 34 heavy (non-hydrogen) atoms. The predicted octanol–water partition coefficient (Wildman–Crippen LogP) is 4.76. The van der Waals surface area contributed by atoms with E-state index in [4.69, 9.17) is 14.7 Å². The first-order chi connectivity index (χ1) is 15.9. The van der Waals surface area contributed by atoms with Crippen LogP contribution in [0.4, 0.5) is 0 Å². The third kappa shape index (κ3) is 6.92. The third-order valence-corrected chi connectivity index (χ3v) is 6.42. The Balaban J connectivity index is 1.84. The molecular weight excluding hydrogens is 450 g/mol. The van der Waals surface area contributed by atoms with E-state index in [2.05, 4.69) is 0 Å². The van der Waals surface area contributed by atoms with E-state index in [1.54, 1.807) is 45.0 Å². The quantitative estimate of drug-likeness (QED) is 0.368. The highest BCUT2D eigenvalue weighted by atomic mass is 32.2. The molecule has 6 nitrogen and oxygen atoms in total. The maximum absolute atomic E-state index is 13.1. The largest absolute Gasteiger partial charge is 0.459 e. The molecular formula is C27H31NO5S. The number of ether oxygens (including phenoxy) is 1. The molecule has 0 fully saturated rings. The predicted molar refractivity (Wildman–Crippen MR) is 132 cm³/mol. The summed E-state index contributed by atoms with van der Waals surface area (Å²) in [4.78, 5) is 13.2. The Morgan fingerprint density at radius 2 is 1.50 bits per heavy atom. The monoisotopic (exact) mass is 481 g/mol. The Morgan fingerprint density at radius 3 is 2.06 bits per heavy atom. The molecule has 0 bridgehead atoms. The van der Waals surface area contributed by atoms with Gasteiger partial charge in [-0.15, -0.1) is 0 Å². The number of benzene rings is 3. The first kappa shape index (κ1) is 25.5. The van der Waals surface area contributed by atoms with Gasteiger partial charge in [0.05, 0.1) is 5.92 Å². The summed E-state index contributed by atoms with van der Waals surface area (Å²) in [5, 5.41) is 0. The first-order valence-corrected chi connectivity index (χ1v) is 12.5. The summed E-state index contributed by atoms with van der Waals surface area (Å²) in [7, 11) is -3.98. The van der Waals surface area contributed by atoms with Crippen molar-refractivity contribution in [2.45, 2.75) is 56.6 Å². The Bertz CT molecular complexity index is 1200. The van der Waals surface area contributed by atoms with Crippen LogP contribution in [-0.4, -0.2) is 26.0 Å². The lowest BCUT2D eigenvalue weighted by atomic mass is 9.88. The van der Waals surface area contributed by atoms with E-state index in [1.807, 2.05) is 37.3 Å². The third-order valence-electron chi connectivity index (χ3n) is 5.16. The molecule has 2 atom stereocenters. The van der Waals surface area contributed by atoms with Crippen LogP contribution < -0.4 is 9.92 Å². The van der Waals surface area contributed by atoms with Gasteiger partial charge in [0, 0.05) is 6.04 Å². The van der Waals surface area contributed by atoms with Gasteiger partial charge < -0.3 is 14.7 Å². The van der Waals surface area contributed by atoms with Crippen LogP contribution in [0.1, 0.15) is 43.4 Å². The van der Waals surface area contributed by atoms with E-state index in [-0.39, 0.29) is 10.6 Å². The van der Waals surface area contributed by atoms with Crippen LogP contribution in [0, 0.1) is 6.92 Å². The molecule has 0 saturated heterocycles. The molecule has 180 valence electrons. The van der Waals surface area contributed by atoms with E-state index in [1.165, 1.54) is 24.3 Å². The normalized spacial score (nSPS) is 13.7. The van der Waals surface area contributed by atoms with E-state index in [0.29, 0.717) is 12.0 Å². The molecule has 0 aromatic heterocycles. The van der Waals surface area contributed by atoms with Gasteiger partial charge in [-0.3, -0.25) is 4.79 Å². The van der Waals surface area contributed by atoms with E-state index in [0.717, 1.165) is 11.1 Å². The fourth-order valence-electron chi connectivity index (χ4n) is 3.54. The second kappa shape index (κ2) is 10.4. The number of aryl methyl sites for hydroxylation is 1. The number of hydrogen-bond donors (Lipinski definition) is 1. The minimum Gasteiger partial charge on any atom is -0.459 e. The Morgan fingerprint density at radius 1 is 0.912 bits per heavy atom. The van der Waals surface area contributed by atoms with Crippen molar-refractivity contribution in [2.75, 3.05) is 0 Å². The zero-order valence-corrected chi connectivity index (χ0v) is 20.7. The number of hydrogen-bond acceptors (Lipinski definition) is 6. The molecule has 3 aromatic rings. The van der Waals surface area contributed by atoms with Crippen LogP contribution >= 0.6 is 0 Å². The van der Waals surface area contributed by atoms with Crippen LogP contribution in [0.5, 0.6) is 5.75 Å². The number of nitrogens with two attached hydrogens (primary N) is 1. The molecule has 0 aliphatic heterocycles. The average Bonchev–Trinajstić information content (AvgIpc) is 2.74. The number of carbonyl (C=O) groups is 1. The molecule has 0 heterocycles. The van der Waals surface area contributed by atoms with E-state index in [9.17, 15) is 13.2 Å². The van der Waals surface area contributed by atoms with Gasteiger partial charge in [0.1, 0.15) is 16.2 Å². The average molecular weight is 482 g/mol. The van der Waals surface area contributed by atoms with Gasteiger partial charge in [0.25, 0.3) is 0 Å². The SMILES string of the molecule is Cc1ccc(S(=O)(=O)Oc2ccc(C(C(=O)OC(C)(C)C)C(N)Cc3ccccc3)cc2)cc1. The van der Waals surface area contributed by atoms with Gasteiger partial charge in [-0.1, -0.05) is 60.2 Å². The highest BCUT2D eigenvalue weighted by Gasteiger charge is 2.32. The number of esters is 1. The van der Waals surface area contributed by atoms with E-state index >= 15 is 0 Å². The summed E-state index contributed by atoms with van der Waals surface area (Å²) in [6.07, 6.45) is 0.477. The van der Waals surface area contributed by atoms with Crippen molar-refractivity contribution in [2.24, 2.45) is 5.73 Å². The summed E-state index contributed by atoms with van der Waals surface area (Å²) in [6.45, 7) is 7.28. The summed E-state index contributed by atoms with van der Waals surface area (Å²) in [5.41, 5.74) is 8.41. The molecule has 2 N–H and O–H groups in total. The van der Waals surface area contributed by atoms with Crippen molar-refractivity contribution < 1.29 is 22.1 Å². The zero-order chi connectivity index (χ0) is 24.9.